The van der Waals surface area contributed by atoms with Gasteiger partial charge in [0, 0.05) is 11.4 Å². The van der Waals surface area contributed by atoms with E-state index < -0.39 is 6.10 Å². The van der Waals surface area contributed by atoms with Crippen molar-refractivity contribution in [2.45, 2.75) is 18.9 Å². The van der Waals surface area contributed by atoms with E-state index in [-0.39, 0.29) is 0 Å². The first-order chi connectivity index (χ1) is 7.77. The summed E-state index contributed by atoms with van der Waals surface area (Å²) in [6.07, 6.45) is 2.41. The zero-order valence-corrected chi connectivity index (χ0v) is 9.52. The van der Waals surface area contributed by atoms with Crippen LogP contribution >= 0.6 is 11.6 Å². The molecule has 0 fully saturated rings. The fraction of sp³-hybridized carbons (Fsp3) is 0.231. The fourth-order valence-electron chi connectivity index (χ4n) is 1.63. The summed E-state index contributed by atoms with van der Waals surface area (Å²) in [5, 5.41) is 10.6. The summed E-state index contributed by atoms with van der Waals surface area (Å²) in [5.41, 5.74) is 0.774. The van der Waals surface area contributed by atoms with Crippen LogP contribution in [0, 0.1) is 0 Å². The molecule has 0 saturated carbocycles. The summed E-state index contributed by atoms with van der Waals surface area (Å²) < 4.78 is 5.21. The zero-order chi connectivity index (χ0) is 11.4. The number of halogens is 1. The van der Waals surface area contributed by atoms with Crippen LogP contribution in [0.1, 0.15) is 23.8 Å². The molecule has 1 aromatic carbocycles. The highest BCUT2D eigenvalue weighted by Crippen LogP contribution is 2.25. The molecule has 84 valence electrons. The number of rotatable bonds is 4. The van der Waals surface area contributed by atoms with Gasteiger partial charge in [-0.3, -0.25) is 0 Å². The van der Waals surface area contributed by atoms with Gasteiger partial charge >= 0.3 is 0 Å². The molecule has 0 aliphatic rings. The molecule has 1 atom stereocenters. The molecular weight excluding hydrogens is 224 g/mol. The lowest BCUT2D eigenvalue weighted by Gasteiger charge is -2.11. The van der Waals surface area contributed by atoms with Gasteiger partial charge in [-0.25, -0.2) is 0 Å². The molecule has 3 heteroatoms. The average Bonchev–Trinajstić information content (AvgIpc) is 2.79. The number of hydrogen-bond donors (Lipinski definition) is 1. The molecular formula is C13H13ClO2. The van der Waals surface area contributed by atoms with E-state index in [1.165, 1.54) is 0 Å². The monoisotopic (exact) mass is 236 g/mol. The first kappa shape index (κ1) is 11.2. The first-order valence-electron chi connectivity index (χ1n) is 5.22. The van der Waals surface area contributed by atoms with Gasteiger partial charge in [-0.05, 0) is 30.2 Å². The highest BCUT2D eigenvalue weighted by atomic mass is 35.5. The molecule has 1 aromatic heterocycles. The van der Waals surface area contributed by atoms with Crippen molar-refractivity contribution >= 4 is 11.6 Å². The van der Waals surface area contributed by atoms with Gasteiger partial charge < -0.3 is 9.52 Å². The number of aliphatic hydroxyl groups excluding tert-OH is 1. The van der Waals surface area contributed by atoms with E-state index in [1.807, 2.05) is 30.3 Å². The highest BCUT2D eigenvalue weighted by molar-refractivity contribution is 6.31. The molecule has 0 radical (unpaired) electrons. The number of aryl methyl sites for hydroxylation is 1. The van der Waals surface area contributed by atoms with Gasteiger partial charge in [0.05, 0.1) is 12.4 Å². The molecule has 0 spiro atoms. The minimum Gasteiger partial charge on any atom is -0.469 e. The predicted molar refractivity (Wildman–Crippen MR) is 63.4 cm³/mol. The molecule has 1 heterocycles. The van der Waals surface area contributed by atoms with Crippen LogP contribution in [0.2, 0.25) is 5.02 Å². The Balaban J connectivity index is 1.98. The van der Waals surface area contributed by atoms with E-state index in [1.54, 1.807) is 12.3 Å². The van der Waals surface area contributed by atoms with Crippen molar-refractivity contribution in [1.29, 1.82) is 0 Å². The van der Waals surface area contributed by atoms with Gasteiger partial charge in [0.15, 0.2) is 0 Å². The van der Waals surface area contributed by atoms with Gasteiger partial charge in [-0.2, -0.15) is 0 Å². The van der Waals surface area contributed by atoms with Crippen molar-refractivity contribution in [2.75, 3.05) is 0 Å². The number of aliphatic hydroxyl groups is 1. The summed E-state index contributed by atoms with van der Waals surface area (Å²) in [5.74, 6) is 0.881. The fourth-order valence-corrected chi connectivity index (χ4v) is 1.90. The van der Waals surface area contributed by atoms with Crippen molar-refractivity contribution in [3.8, 4) is 0 Å². The Morgan fingerprint density at radius 1 is 1.19 bits per heavy atom. The van der Waals surface area contributed by atoms with Crippen LogP contribution in [-0.4, -0.2) is 5.11 Å². The topological polar surface area (TPSA) is 33.4 Å². The summed E-state index contributed by atoms with van der Waals surface area (Å²) in [6, 6.07) is 11.1. The molecule has 2 aromatic rings. The molecule has 1 N–H and O–H groups in total. The Kier molecular flexibility index (Phi) is 3.65. The minimum atomic E-state index is -0.543. The Morgan fingerprint density at radius 3 is 2.69 bits per heavy atom. The zero-order valence-electron chi connectivity index (χ0n) is 8.77. The second kappa shape index (κ2) is 5.19. The van der Waals surface area contributed by atoms with Crippen molar-refractivity contribution in [3.05, 3.63) is 59.0 Å². The predicted octanol–water partition coefficient (Wildman–Crippen LogP) is 3.60. The van der Waals surface area contributed by atoms with Crippen LogP contribution in [0.3, 0.4) is 0 Å². The summed E-state index contributed by atoms with van der Waals surface area (Å²) in [7, 11) is 0. The van der Waals surface area contributed by atoms with Gasteiger partial charge in [0.25, 0.3) is 0 Å². The van der Waals surface area contributed by atoms with E-state index in [2.05, 4.69) is 0 Å². The normalized spacial score (nSPS) is 12.6. The largest absolute Gasteiger partial charge is 0.469 e. The molecule has 2 rings (SSSR count). The van der Waals surface area contributed by atoms with Gasteiger partial charge in [0.2, 0.25) is 0 Å². The maximum Gasteiger partial charge on any atom is 0.103 e. The third-order valence-electron chi connectivity index (χ3n) is 2.51. The van der Waals surface area contributed by atoms with Crippen LogP contribution in [0.15, 0.2) is 47.1 Å². The molecule has 0 aliphatic carbocycles. The quantitative estimate of drug-likeness (QED) is 0.880. The SMILES string of the molecule is OC(CCc1ccco1)c1ccccc1Cl. The second-order valence-electron chi connectivity index (χ2n) is 3.66. The van der Waals surface area contributed by atoms with Crippen molar-refractivity contribution < 1.29 is 9.52 Å². The van der Waals surface area contributed by atoms with E-state index >= 15 is 0 Å². The lowest BCUT2D eigenvalue weighted by atomic mass is 10.0. The lowest BCUT2D eigenvalue weighted by molar-refractivity contribution is 0.165. The first-order valence-corrected chi connectivity index (χ1v) is 5.60. The highest BCUT2D eigenvalue weighted by Gasteiger charge is 2.11. The second-order valence-corrected chi connectivity index (χ2v) is 4.06. The van der Waals surface area contributed by atoms with Gasteiger partial charge in [-0.15, -0.1) is 0 Å². The van der Waals surface area contributed by atoms with Crippen LogP contribution in [0.25, 0.3) is 0 Å². The van der Waals surface area contributed by atoms with Crippen molar-refractivity contribution in [3.63, 3.8) is 0 Å². The van der Waals surface area contributed by atoms with Gasteiger partial charge in [-0.1, -0.05) is 29.8 Å². The molecule has 0 amide bonds. The smallest absolute Gasteiger partial charge is 0.103 e. The molecule has 0 saturated heterocycles. The van der Waals surface area contributed by atoms with Crippen LogP contribution in [0.4, 0.5) is 0 Å². The number of hydrogen-bond acceptors (Lipinski definition) is 2. The maximum absolute atomic E-state index is 9.97. The van der Waals surface area contributed by atoms with Crippen molar-refractivity contribution in [1.82, 2.24) is 0 Å². The van der Waals surface area contributed by atoms with Gasteiger partial charge in [0.1, 0.15) is 5.76 Å². The average molecular weight is 237 g/mol. The lowest BCUT2D eigenvalue weighted by Crippen LogP contribution is -1.99. The van der Waals surface area contributed by atoms with E-state index in [9.17, 15) is 5.11 Å². The van der Waals surface area contributed by atoms with Crippen LogP contribution in [-0.2, 0) is 6.42 Å². The summed E-state index contributed by atoms with van der Waals surface area (Å²) in [6.45, 7) is 0. The van der Waals surface area contributed by atoms with E-state index in [4.69, 9.17) is 16.0 Å². The standard InChI is InChI=1S/C13H13ClO2/c14-12-6-2-1-5-11(12)13(15)8-7-10-4-3-9-16-10/h1-6,9,13,15H,7-8H2. The van der Waals surface area contributed by atoms with E-state index in [0.717, 1.165) is 11.3 Å². The van der Waals surface area contributed by atoms with Crippen LogP contribution < -0.4 is 0 Å². The Morgan fingerprint density at radius 2 is 2.00 bits per heavy atom. The maximum atomic E-state index is 9.97. The van der Waals surface area contributed by atoms with Crippen LogP contribution in [0.5, 0.6) is 0 Å². The Hall–Kier alpha value is -1.25. The third-order valence-corrected chi connectivity index (χ3v) is 2.85. The number of benzene rings is 1. The summed E-state index contributed by atoms with van der Waals surface area (Å²) >= 11 is 6.00. The van der Waals surface area contributed by atoms with Crippen molar-refractivity contribution in [2.24, 2.45) is 0 Å². The third kappa shape index (κ3) is 2.65. The Bertz CT molecular complexity index is 437. The molecule has 1 unspecified atom stereocenters. The van der Waals surface area contributed by atoms with E-state index in [0.29, 0.717) is 17.9 Å². The molecule has 2 nitrogen and oxygen atoms in total. The Labute approximate surface area is 99.5 Å². The summed E-state index contributed by atoms with van der Waals surface area (Å²) in [4.78, 5) is 0. The number of furan rings is 1. The molecule has 0 bridgehead atoms. The minimum absolute atomic E-state index is 0.543. The molecule has 0 aliphatic heterocycles. The molecule has 16 heavy (non-hydrogen) atoms.